The minimum Gasteiger partial charge on any atom is -0.266 e. The van der Waals surface area contributed by atoms with E-state index in [9.17, 15) is 4.39 Å². The van der Waals surface area contributed by atoms with Crippen LogP contribution in [0.2, 0.25) is 0 Å². The van der Waals surface area contributed by atoms with Crippen molar-refractivity contribution in [1.29, 1.82) is 0 Å². The third-order valence-corrected chi connectivity index (χ3v) is 2.40. The standard InChI is InChI=1S/C11H13FN2/c1-7(2)14-8(3)11-9(12)5-4-6-10(11)13-14/h4-7H,1-3H3. The maximum absolute atomic E-state index is 13.5. The smallest absolute Gasteiger partial charge is 0.134 e. The number of aryl methyl sites for hydroxylation is 1. The van der Waals surface area contributed by atoms with Gasteiger partial charge in [-0.2, -0.15) is 5.10 Å². The second kappa shape index (κ2) is 3.08. The van der Waals surface area contributed by atoms with Crippen molar-refractivity contribution in [2.45, 2.75) is 26.8 Å². The summed E-state index contributed by atoms with van der Waals surface area (Å²) in [4.78, 5) is 0. The van der Waals surface area contributed by atoms with Crippen molar-refractivity contribution in [2.75, 3.05) is 0 Å². The number of benzene rings is 1. The van der Waals surface area contributed by atoms with Crippen molar-refractivity contribution < 1.29 is 4.39 Å². The van der Waals surface area contributed by atoms with Crippen molar-refractivity contribution in [1.82, 2.24) is 9.78 Å². The van der Waals surface area contributed by atoms with E-state index in [-0.39, 0.29) is 11.9 Å². The molecule has 0 saturated heterocycles. The highest BCUT2D eigenvalue weighted by Gasteiger charge is 2.12. The SMILES string of the molecule is Cc1c2c(F)cccc2nn1C(C)C. The van der Waals surface area contributed by atoms with Gasteiger partial charge in [0.15, 0.2) is 0 Å². The van der Waals surface area contributed by atoms with Crippen LogP contribution in [0.25, 0.3) is 10.9 Å². The molecular weight excluding hydrogens is 179 g/mol. The summed E-state index contributed by atoms with van der Waals surface area (Å²) < 4.78 is 15.3. The average molecular weight is 192 g/mol. The molecule has 3 heteroatoms. The van der Waals surface area contributed by atoms with Crippen molar-refractivity contribution in [3.8, 4) is 0 Å². The minimum absolute atomic E-state index is 0.188. The Bertz CT molecular complexity index is 471. The first-order valence-electron chi connectivity index (χ1n) is 4.74. The fourth-order valence-corrected chi connectivity index (χ4v) is 1.76. The van der Waals surface area contributed by atoms with E-state index >= 15 is 0 Å². The van der Waals surface area contributed by atoms with Gasteiger partial charge in [-0.25, -0.2) is 4.39 Å². The van der Waals surface area contributed by atoms with Crippen LogP contribution in [0.5, 0.6) is 0 Å². The molecule has 1 aromatic heterocycles. The first kappa shape index (κ1) is 9.19. The van der Waals surface area contributed by atoms with Crippen molar-refractivity contribution >= 4 is 10.9 Å². The number of hydrogen-bond donors (Lipinski definition) is 0. The van der Waals surface area contributed by atoms with Gasteiger partial charge in [0.25, 0.3) is 0 Å². The van der Waals surface area contributed by atoms with Crippen LogP contribution in [-0.4, -0.2) is 9.78 Å². The predicted octanol–water partition coefficient (Wildman–Crippen LogP) is 3.06. The highest BCUT2D eigenvalue weighted by atomic mass is 19.1. The summed E-state index contributed by atoms with van der Waals surface area (Å²) in [5.41, 5.74) is 1.63. The van der Waals surface area contributed by atoms with E-state index in [0.717, 1.165) is 11.2 Å². The zero-order valence-corrected chi connectivity index (χ0v) is 8.58. The molecule has 0 amide bonds. The number of fused-ring (bicyclic) bond motifs is 1. The molecule has 2 rings (SSSR count). The Hall–Kier alpha value is -1.38. The van der Waals surface area contributed by atoms with E-state index in [4.69, 9.17) is 0 Å². The number of nitrogens with zero attached hydrogens (tertiary/aromatic N) is 2. The Kier molecular flexibility index (Phi) is 2.02. The number of rotatable bonds is 1. The lowest BCUT2D eigenvalue weighted by atomic mass is 10.2. The predicted molar refractivity (Wildman–Crippen MR) is 54.8 cm³/mol. The molecule has 14 heavy (non-hydrogen) atoms. The normalized spacial score (nSPS) is 11.5. The molecular formula is C11H13FN2. The van der Waals surface area contributed by atoms with Gasteiger partial charge in [-0.3, -0.25) is 4.68 Å². The summed E-state index contributed by atoms with van der Waals surface area (Å²) >= 11 is 0. The van der Waals surface area contributed by atoms with Gasteiger partial charge in [-0.05, 0) is 32.9 Å². The van der Waals surface area contributed by atoms with Gasteiger partial charge in [0, 0.05) is 11.7 Å². The van der Waals surface area contributed by atoms with E-state index in [2.05, 4.69) is 5.10 Å². The highest BCUT2D eigenvalue weighted by Crippen LogP contribution is 2.22. The van der Waals surface area contributed by atoms with Crippen LogP contribution in [0.15, 0.2) is 18.2 Å². The molecule has 0 fully saturated rings. The minimum atomic E-state index is -0.188. The van der Waals surface area contributed by atoms with E-state index in [1.165, 1.54) is 6.07 Å². The topological polar surface area (TPSA) is 17.8 Å². The Morgan fingerprint density at radius 1 is 1.36 bits per heavy atom. The number of halogens is 1. The fourth-order valence-electron chi connectivity index (χ4n) is 1.76. The van der Waals surface area contributed by atoms with Crippen LogP contribution in [0.1, 0.15) is 25.6 Å². The summed E-state index contributed by atoms with van der Waals surface area (Å²) in [6.45, 7) is 5.98. The van der Waals surface area contributed by atoms with Crippen LogP contribution < -0.4 is 0 Å². The van der Waals surface area contributed by atoms with Gasteiger partial charge in [-0.1, -0.05) is 6.07 Å². The lowest BCUT2D eigenvalue weighted by molar-refractivity contribution is 0.523. The molecule has 2 aromatic rings. The second-order valence-electron chi connectivity index (χ2n) is 3.76. The lowest BCUT2D eigenvalue weighted by Gasteiger charge is -2.06. The van der Waals surface area contributed by atoms with Crippen LogP contribution in [0.4, 0.5) is 4.39 Å². The molecule has 0 aliphatic heterocycles. The summed E-state index contributed by atoms with van der Waals surface area (Å²) in [7, 11) is 0. The third-order valence-electron chi connectivity index (χ3n) is 2.40. The summed E-state index contributed by atoms with van der Waals surface area (Å²) in [5.74, 6) is -0.188. The highest BCUT2D eigenvalue weighted by molar-refractivity contribution is 5.81. The maximum atomic E-state index is 13.5. The van der Waals surface area contributed by atoms with E-state index in [1.807, 2.05) is 31.5 Å². The first-order chi connectivity index (χ1) is 6.61. The van der Waals surface area contributed by atoms with Gasteiger partial charge in [0.1, 0.15) is 5.82 Å². The summed E-state index contributed by atoms with van der Waals surface area (Å²) in [6, 6.07) is 5.27. The van der Waals surface area contributed by atoms with E-state index in [0.29, 0.717) is 5.39 Å². The van der Waals surface area contributed by atoms with Gasteiger partial charge >= 0.3 is 0 Å². The van der Waals surface area contributed by atoms with Crippen molar-refractivity contribution in [3.05, 3.63) is 29.7 Å². The van der Waals surface area contributed by atoms with Crippen LogP contribution in [0.3, 0.4) is 0 Å². The molecule has 0 aliphatic carbocycles. The quantitative estimate of drug-likeness (QED) is 0.679. The van der Waals surface area contributed by atoms with Gasteiger partial charge in [0.2, 0.25) is 0 Å². The lowest BCUT2D eigenvalue weighted by Crippen LogP contribution is -2.04. The Labute approximate surface area is 82.3 Å². The summed E-state index contributed by atoms with van der Waals surface area (Å²) in [5, 5.41) is 4.99. The summed E-state index contributed by atoms with van der Waals surface area (Å²) in [6.07, 6.45) is 0. The van der Waals surface area contributed by atoms with E-state index in [1.54, 1.807) is 6.07 Å². The fraction of sp³-hybridized carbons (Fsp3) is 0.364. The number of aromatic nitrogens is 2. The number of hydrogen-bond acceptors (Lipinski definition) is 1. The Morgan fingerprint density at radius 2 is 2.07 bits per heavy atom. The largest absolute Gasteiger partial charge is 0.266 e. The molecule has 0 bridgehead atoms. The van der Waals surface area contributed by atoms with Crippen LogP contribution in [-0.2, 0) is 0 Å². The zero-order chi connectivity index (χ0) is 10.3. The van der Waals surface area contributed by atoms with Gasteiger partial charge < -0.3 is 0 Å². The molecule has 74 valence electrons. The molecule has 1 heterocycles. The molecule has 1 aromatic carbocycles. The van der Waals surface area contributed by atoms with Gasteiger partial charge in [0.05, 0.1) is 10.9 Å². The first-order valence-corrected chi connectivity index (χ1v) is 4.74. The molecule has 0 saturated carbocycles. The van der Waals surface area contributed by atoms with Crippen LogP contribution >= 0.6 is 0 Å². The average Bonchev–Trinajstić information content (AvgIpc) is 2.45. The Balaban J connectivity index is 2.81. The maximum Gasteiger partial charge on any atom is 0.134 e. The second-order valence-corrected chi connectivity index (χ2v) is 3.76. The molecule has 2 nitrogen and oxygen atoms in total. The van der Waals surface area contributed by atoms with Crippen molar-refractivity contribution in [3.63, 3.8) is 0 Å². The molecule has 0 atom stereocenters. The molecule has 0 radical (unpaired) electrons. The molecule has 0 spiro atoms. The van der Waals surface area contributed by atoms with E-state index < -0.39 is 0 Å². The molecule has 0 unspecified atom stereocenters. The van der Waals surface area contributed by atoms with Crippen molar-refractivity contribution in [2.24, 2.45) is 0 Å². The Morgan fingerprint density at radius 3 is 2.64 bits per heavy atom. The third kappa shape index (κ3) is 1.20. The molecule has 0 N–H and O–H groups in total. The molecule has 0 aliphatic rings. The zero-order valence-electron chi connectivity index (χ0n) is 8.58. The van der Waals surface area contributed by atoms with Gasteiger partial charge in [-0.15, -0.1) is 0 Å². The van der Waals surface area contributed by atoms with Crippen LogP contribution in [0, 0.1) is 12.7 Å². The monoisotopic (exact) mass is 192 g/mol.